The van der Waals surface area contributed by atoms with Crippen molar-refractivity contribution in [3.63, 3.8) is 0 Å². The number of ether oxygens (including phenoxy) is 1. The number of hydrogen-bond donors (Lipinski definition) is 3. The first-order valence-electron chi connectivity index (χ1n) is 11.6. The summed E-state index contributed by atoms with van der Waals surface area (Å²) >= 11 is 1.35. The summed E-state index contributed by atoms with van der Waals surface area (Å²) in [7, 11) is 0. The topological polar surface area (TPSA) is 89.3 Å². The maximum absolute atomic E-state index is 12.2. The van der Waals surface area contributed by atoms with Gasteiger partial charge in [-0.1, -0.05) is 42.5 Å². The molecule has 6 nitrogen and oxygen atoms in total. The molecule has 2 heterocycles. The number of hydrogen-bond acceptors (Lipinski definition) is 6. The fourth-order valence-corrected chi connectivity index (χ4v) is 4.78. The minimum atomic E-state index is -0.0815. The van der Waals surface area contributed by atoms with Crippen molar-refractivity contribution in [1.82, 2.24) is 10.3 Å². The number of aryl methyl sites for hydroxylation is 1. The van der Waals surface area contributed by atoms with Gasteiger partial charge < -0.3 is 21.1 Å². The van der Waals surface area contributed by atoms with Gasteiger partial charge in [0.2, 0.25) is 5.91 Å². The average Bonchev–Trinajstić information content (AvgIpc) is 3.45. The predicted octanol–water partition coefficient (Wildman–Crippen LogP) is 4.57. The van der Waals surface area contributed by atoms with Crippen LogP contribution in [0, 0.1) is 0 Å². The molecule has 0 bridgehead atoms. The fraction of sp³-hybridized carbons (Fsp3) is 0.385. The molecule has 7 heteroatoms. The smallest absolute Gasteiger partial charge is 0.230 e. The van der Waals surface area contributed by atoms with Crippen LogP contribution < -0.4 is 16.4 Å². The molecule has 0 aliphatic carbocycles. The number of nitrogens with zero attached hydrogens (tertiary/aromatic N) is 1. The minimum absolute atomic E-state index is 0.0815. The number of nitrogens with two attached hydrogens (primary N) is 1. The molecule has 1 amide bonds. The number of nitrogens with one attached hydrogen (secondary N) is 2. The van der Waals surface area contributed by atoms with Gasteiger partial charge in [0.1, 0.15) is 0 Å². The number of nitrogen functional groups attached to an aromatic ring is 1. The summed E-state index contributed by atoms with van der Waals surface area (Å²) < 4.78 is 5.84. The van der Waals surface area contributed by atoms with Crippen LogP contribution in [0.3, 0.4) is 0 Å². The van der Waals surface area contributed by atoms with Gasteiger partial charge >= 0.3 is 0 Å². The van der Waals surface area contributed by atoms with Crippen molar-refractivity contribution >= 4 is 28.1 Å². The zero-order valence-corrected chi connectivity index (χ0v) is 19.7. The van der Waals surface area contributed by atoms with Gasteiger partial charge in [-0.25, -0.2) is 4.98 Å². The Kier molecular flexibility index (Phi) is 8.47. The maximum Gasteiger partial charge on any atom is 0.230 e. The van der Waals surface area contributed by atoms with Gasteiger partial charge in [-0.15, -0.1) is 11.3 Å². The summed E-state index contributed by atoms with van der Waals surface area (Å²) in [4.78, 5) is 16.3. The lowest BCUT2D eigenvalue weighted by Gasteiger charge is -2.15. The van der Waals surface area contributed by atoms with Crippen LogP contribution in [0.4, 0.5) is 10.8 Å². The van der Waals surface area contributed by atoms with Crippen LogP contribution in [0.5, 0.6) is 0 Å². The number of benzene rings is 2. The number of amides is 1. The molecule has 4 N–H and O–H groups in total. The molecular weight excluding hydrogens is 432 g/mol. The molecule has 1 aromatic heterocycles. The van der Waals surface area contributed by atoms with Crippen LogP contribution >= 0.6 is 11.3 Å². The Bertz CT molecular complexity index is 1010. The summed E-state index contributed by atoms with van der Waals surface area (Å²) in [6.45, 7) is 1.48. The van der Waals surface area contributed by atoms with Gasteiger partial charge in [0.15, 0.2) is 5.13 Å². The third-order valence-electron chi connectivity index (χ3n) is 5.99. The Morgan fingerprint density at radius 2 is 1.82 bits per heavy atom. The van der Waals surface area contributed by atoms with Crippen molar-refractivity contribution in [2.45, 2.75) is 57.2 Å². The van der Waals surface area contributed by atoms with Crippen molar-refractivity contribution in [3.8, 4) is 0 Å². The van der Waals surface area contributed by atoms with E-state index in [1.54, 1.807) is 0 Å². The highest BCUT2D eigenvalue weighted by Gasteiger charge is 2.23. The SMILES string of the molecule is Nc1nc(CC(=O)Nc2ccc(CC[C@@H]3CC[C@H](CCOCc4ccccc4)N3)cc2)cs1. The van der Waals surface area contributed by atoms with Crippen molar-refractivity contribution in [3.05, 3.63) is 76.8 Å². The molecule has 1 fully saturated rings. The second-order valence-corrected chi connectivity index (χ2v) is 9.49. The van der Waals surface area contributed by atoms with Crippen molar-refractivity contribution in [1.29, 1.82) is 0 Å². The van der Waals surface area contributed by atoms with E-state index in [0.717, 1.165) is 31.6 Å². The summed E-state index contributed by atoms with van der Waals surface area (Å²) in [6, 6.07) is 19.6. The summed E-state index contributed by atoms with van der Waals surface area (Å²) in [5.41, 5.74) is 9.65. The van der Waals surface area contributed by atoms with Crippen LogP contribution in [-0.2, 0) is 29.0 Å². The molecule has 1 aliphatic heterocycles. The molecule has 1 aliphatic rings. The average molecular weight is 465 g/mol. The van der Waals surface area contributed by atoms with E-state index >= 15 is 0 Å². The summed E-state index contributed by atoms with van der Waals surface area (Å²) in [5.74, 6) is -0.0815. The van der Waals surface area contributed by atoms with Crippen LogP contribution in [0.1, 0.15) is 42.5 Å². The van der Waals surface area contributed by atoms with Gasteiger partial charge in [0.05, 0.1) is 18.7 Å². The lowest BCUT2D eigenvalue weighted by atomic mass is 10.0. The molecule has 0 saturated carbocycles. The zero-order valence-electron chi connectivity index (χ0n) is 18.8. The summed E-state index contributed by atoms with van der Waals surface area (Å²) in [5, 5.41) is 9.00. The first-order valence-corrected chi connectivity index (χ1v) is 12.5. The van der Waals surface area contributed by atoms with Gasteiger partial charge in [0, 0.05) is 29.8 Å². The van der Waals surface area contributed by atoms with E-state index in [1.807, 2.05) is 35.7 Å². The van der Waals surface area contributed by atoms with Crippen LogP contribution in [0.15, 0.2) is 60.0 Å². The van der Waals surface area contributed by atoms with E-state index in [9.17, 15) is 4.79 Å². The number of carbonyl (C=O) groups excluding carboxylic acids is 1. The van der Waals surface area contributed by atoms with Gasteiger partial charge in [-0.05, 0) is 55.4 Å². The van der Waals surface area contributed by atoms with E-state index in [2.05, 4.69) is 39.9 Å². The molecule has 0 spiro atoms. The third-order valence-corrected chi connectivity index (χ3v) is 6.71. The lowest BCUT2D eigenvalue weighted by Crippen LogP contribution is -2.30. The second kappa shape index (κ2) is 11.9. The van der Waals surface area contributed by atoms with E-state index in [1.165, 1.54) is 35.3 Å². The molecule has 0 unspecified atom stereocenters. The summed E-state index contributed by atoms with van der Waals surface area (Å²) in [6.07, 6.45) is 5.89. The van der Waals surface area contributed by atoms with Gasteiger partial charge in [-0.2, -0.15) is 0 Å². The number of rotatable bonds is 11. The number of anilines is 2. The highest BCUT2D eigenvalue weighted by atomic mass is 32.1. The molecule has 2 aromatic carbocycles. The van der Waals surface area contributed by atoms with Crippen molar-refractivity contribution in [2.75, 3.05) is 17.7 Å². The van der Waals surface area contributed by atoms with E-state index in [-0.39, 0.29) is 12.3 Å². The molecule has 0 radical (unpaired) electrons. The Balaban J connectivity index is 1.11. The first kappa shape index (κ1) is 23.4. The highest BCUT2D eigenvalue weighted by molar-refractivity contribution is 7.13. The lowest BCUT2D eigenvalue weighted by molar-refractivity contribution is -0.115. The highest BCUT2D eigenvalue weighted by Crippen LogP contribution is 2.20. The molecule has 3 aromatic rings. The fourth-order valence-electron chi connectivity index (χ4n) is 4.22. The number of aromatic nitrogens is 1. The largest absolute Gasteiger partial charge is 0.377 e. The molecule has 4 rings (SSSR count). The van der Waals surface area contributed by atoms with Crippen LogP contribution in [-0.4, -0.2) is 29.6 Å². The third kappa shape index (κ3) is 7.67. The standard InChI is InChI=1S/C26H32N4O2S/c27-26-30-24(18-33-26)16-25(31)29-22-10-7-19(8-11-22)6-9-21-12-13-23(28-21)14-15-32-17-20-4-2-1-3-5-20/h1-5,7-8,10-11,18,21,23,28H,6,9,12-17H2,(H2,27,30)(H,29,31)/t21-,23-/m1/s1. The maximum atomic E-state index is 12.2. The Morgan fingerprint density at radius 3 is 2.55 bits per heavy atom. The minimum Gasteiger partial charge on any atom is -0.377 e. The number of thiazole rings is 1. The normalized spacial score (nSPS) is 17.8. The van der Waals surface area contributed by atoms with Gasteiger partial charge in [-0.3, -0.25) is 4.79 Å². The zero-order chi connectivity index (χ0) is 22.9. The monoisotopic (exact) mass is 464 g/mol. The number of carbonyl (C=O) groups is 1. The van der Waals surface area contributed by atoms with Crippen LogP contribution in [0.25, 0.3) is 0 Å². The van der Waals surface area contributed by atoms with Crippen molar-refractivity contribution in [2.24, 2.45) is 0 Å². The Hall–Kier alpha value is -2.74. The molecule has 174 valence electrons. The van der Waals surface area contributed by atoms with E-state index in [4.69, 9.17) is 10.5 Å². The van der Waals surface area contributed by atoms with E-state index < -0.39 is 0 Å². The molecule has 33 heavy (non-hydrogen) atoms. The Morgan fingerprint density at radius 1 is 1.06 bits per heavy atom. The molecule has 1 saturated heterocycles. The quantitative estimate of drug-likeness (QED) is 0.362. The molecule has 2 atom stereocenters. The Labute approximate surface area is 199 Å². The van der Waals surface area contributed by atoms with Crippen molar-refractivity contribution < 1.29 is 9.53 Å². The van der Waals surface area contributed by atoms with E-state index in [0.29, 0.717) is 29.5 Å². The predicted molar refractivity (Wildman–Crippen MR) is 134 cm³/mol. The molecular formula is C26H32N4O2S. The van der Waals surface area contributed by atoms with Gasteiger partial charge in [0.25, 0.3) is 0 Å². The van der Waals surface area contributed by atoms with Crippen LogP contribution in [0.2, 0.25) is 0 Å². The first-order chi connectivity index (χ1) is 16.1. The second-order valence-electron chi connectivity index (χ2n) is 8.60.